The molecule has 4 nitrogen and oxygen atoms in total. The number of aliphatic hydroxyl groups is 1. The molecule has 20 heavy (non-hydrogen) atoms. The molecule has 1 N–H and O–H groups in total. The molecular formula is C15H19IO4. The molecule has 1 aromatic rings. The molecule has 0 amide bonds. The summed E-state index contributed by atoms with van der Waals surface area (Å²) < 4.78 is 6.88. The van der Waals surface area contributed by atoms with Crippen LogP contribution in [0.5, 0.6) is 0 Å². The van der Waals surface area contributed by atoms with E-state index in [1.54, 1.807) is 6.92 Å². The maximum absolute atomic E-state index is 10.7. The Balaban J connectivity index is 2.00. The molecule has 110 valence electrons. The number of hydrogen-bond acceptors (Lipinski definition) is 4. The zero-order valence-electron chi connectivity index (χ0n) is 11.6. The van der Waals surface area contributed by atoms with Gasteiger partial charge in [0.15, 0.2) is 0 Å². The van der Waals surface area contributed by atoms with Crippen molar-refractivity contribution in [2.24, 2.45) is 5.41 Å². The molecular weight excluding hydrogens is 371 g/mol. The van der Waals surface area contributed by atoms with Gasteiger partial charge in [0.25, 0.3) is 0 Å². The summed E-state index contributed by atoms with van der Waals surface area (Å²) in [7, 11) is 0. The van der Waals surface area contributed by atoms with E-state index < -0.39 is 17.0 Å². The first-order valence-electron chi connectivity index (χ1n) is 6.79. The average molecular weight is 390 g/mol. The van der Waals surface area contributed by atoms with Gasteiger partial charge in [0.1, 0.15) is 0 Å². The topological polar surface area (TPSA) is 47.9 Å². The first kappa shape index (κ1) is 14.7. The van der Waals surface area contributed by atoms with Crippen LogP contribution >= 0.6 is 22.6 Å². The third-order valence-electron chi connectivity index (χ3n) is 4.61. The van der Waals surface area contributed by atoms with Crippen molar-refractivity contribution in [1.82, 2.24) is 0 Å². The van der Waals surface area contributed by atoms with Crippen molar-refractivity contribution >= 4 is 22.6 Å². The molecule has 2 heterocycles. The number of halogens is 1. The van der Waals surface area contributed by atoms with E-state index in [0.29, 0.717) is 12.8 Å². The molecule has 2 aliphatic rings. The Morgan fingerprint density at radius 2 is 1.95 bits per heavy atom. The summed E-state index contributed by atoms with van der Waals surface area (Å²) in [5.74, 6) is -2.28. The van der Waals surface area contributed by atoms with Crippen LogP contribution in [0, 0.1) is 5.41 Å². The van der Waals surface area contributed by atoms with Gasteiger partial charge in [-0.2, -0.15) is 9.78 Å². The second-order valence-corrected chi connectivity index (χ2v) is 6.82. The molecule has 2 fully saturated rings. The molecule has 1 aromatic carbocycles. The van der Waals surface area contributed by atoms with Crippen LogP contribution in [0.15, 0.2) is 30.3 Å². The Hall–Kier alpha value is -0.210. The van der Waals surface area contributed by atoms with Crippen molar-refractivity contribution in [2.75, 3.05) is 4.43 Å². The molecule has 5 heteroatoms. The van der Waals surface area contributed by atoms with E-state index in [0.717, 1.165) is 9.99 Å². The number of fused-ring (bicyclic) bond motifs is 1. The summed E-state index contributed by atoms with van der Waals surface area (Å²) in [6.07, 6.45) is 1.44. The molecule has 0 spiro atoms. The smallest absolute Gasteiger partial charge is 0.210 e. The quantitative estimate of drug-likeness (QED) is 0.490. The molecule has 3 rings (SSSR count). The van der Waals surface area contributed by atoms with Crippen molar-refractivity contribution in [3.05, 3.63) is 35.9 Å². The number of hydrogen-bond donors (Lipinski definition) is 1. The highest BCUT2D eigenvalue weighted by Gasteiger charge is 2.72. The van der Waals surface area contributed by atoms with E-state index in [4.69, 9.17) is 14.5 Å². The van der Waals surface area contributed by atoms with E-state index in [1.165, 1.54) is 0 Å². The highest BCUT2D eigenvalue weighted by atomic mass is 127. The van der Waals surface area contributed by atoms with E-state index in [-0.39, 0.29) is 6.10 Å². The normalized spacial score (nSPS) is 43.7. The minimum Gasteiger partial charge on any atom is -0.363 e. The molecule has 0 aromatic heterocycles. The summed E-state index contributed by atoms with van der Waals surface area (Å²) in [5, 5.41) is 10.7. The molecule has 2 aliphatic heterocycles. The van der Waals surface area contributed by atoms with Gasteiger partial charge in [-0.05, 0) is 32.3 Å². The zero-order chi connectivity index (χ0) is 14.4. The predicted octanol–water partition coefficient (Wildman–Crippen LogP) is 2.83. The lowest BCUT2D eigenvalue weighted by atomic mass is 9.68. The number of ether oxygens (including phenoxy) is 1. The number of benzene rings is 1. The SMILES string of the molecule is C[C@]12OO[C@](C)(O)[C@@]1(Cc1ccccc1)C[C@H](CI)O2. The van der Waals surface area contributed by atoms with Crippen LogP contribution in [0.3, 0.4) is 0 Å². The summed E-state index contributed by atoms with van der Waals surface area (Å²) in [4.78, 5) is 10.6. The fourth-order valence-electron chi connectivity index (χ4n) is 3.42. The standard InChI is InChI=1S/C15H19IO4/c1-13(17)15(8-11-6-4-3-5-7-11)9-12(10-16)18-14(15,2)20-19-13/h3-7,12,17H,8-10H2,1-2H3/t12-,13+,14+,15-/m1/s1. The van der Waals surface area contributed by atoms with Crippen molar-refractivity contribution in [1.29, 1.82) is 0 Å². The Bertz CT molecular complexity index is 492. The van der Waals surface area contributed by atoms with Gasteiger partial charge >= 0.3 is 0 Å². The Morgan fingerprint density at radius 1 is 1.25 bits per heavy atom. The Kier molecular flexibility index (Phi) is 3.62. The highest BCUT2D eigenvalue weighted by Crippen LogP contribution is 2.60. The monoisotopic (exact) mass is 390 g/mol. The fraction of sp³-hybridized carbons (Fsp3) is 0.600. The van der Waals surface area contributed by atoms with E-state index >= 15 is 0 Å². The van der Waals surface area contributed by atoms with Gasteiger partial charge in [-0.3, -0.25) is 0 Å². The van der Waals surface area contributed by atoms with Gasteiger partial charge in [0.05, 0.1) is 11.5 Å². The van der Waals surface area contributed by atoms with Crippen LogP contribution in [0.4, 0.5) is 0 Å². The molecule has 0 radical (unpaired) electrons. The zero-order valence-corrected chi connectivity index (χ0v) is 13.8. The lowest BCUT2D eigenvalue weighted by Crippen LogP contribution is -2.52. The van der Waals surface area contributed by atoms with Crippen molar-refractivity contribution in [3.63, 3.8) is 0 Å². The summed E-state index contributed by atoms with van der Waals surface area (Å²) in [5.41, 5.74) is 0.544. The van der Waals surface area contributed by atoms with Gasteiger partial charge in [-0.1, -0.05) is 52.9 Å². The van der Waals surface area contributed by atoms with Crippen LogP contribution in [0.1, 0.15) is 25.8 Å². The molecule has 0 bridgehead atoms. The van der Waals surface area contributed by atoms with Gasteiger partial charge in [0.2, 0.25) is 11.6 Å². The fourth-order valence-corrected chi connectivity index (χ4v) is 3.92. The predicted molar refractivity (Wildman–Crippen MR) is 82.2 cm³/mol. The van der Waals surface area contributed by atoms with Crippen LogP contribution < -0.4 is 0 Å². The lowest BCUT2D eigenvalue weighted by molar-refractivity contribution is -0.424. The average Bonchev–Trinajstić information content (AvgIpc) is 2.81. The van der Waals surface area contributed by atoms with Crippen molar-refractivity contribution < 1.29 is 19.6 Å². The van der Waals surface area contributed by atoms with Crippen LogP contribution in [0.25, 0.3) is 0 Å². The molecule has 2 saturated heterocycles. The van der Waals surface area contributed by atoms with E-state index in [1.807, 2.05) is 25.1 Å². The van der Waals surface area contributed by atoms with Gasteiger partial charge < -0.3 is 9.84 Å². The lowest BCUT2D eigenvalue weighted by Gasteiger charge is -2.38. The molecule has 4 atom stereocenters. The minimum atomic E-state index is -1.36. The van der Waals surface area contributed by atoms with Crippen LogP contribution in [0.2, 0.25) is 0 Å². The highest BCUT2D eigenvalue weighted by molar-refractivity contribution is 14.1. The molecule has 0 aliphatic carbocycles. The maximum atomic E-state index is 10.7. The summed E-state index contributed by atoms with van der Waals surface area (Å²) >= 11 is 2.30. The minimum absolute atomic E-state index is 0.0692. The van der Waals surface area contributed by atoms with E-state index in [2.05, 4.69) is 34.7 Å². The van der Waals surface area contributed by atoms with Crippen LogP contribution in [-0.4, -0.2) is 27.2 Å². The second-order valence-electron chi connectivity index (χ2n) is 5.94. The third-order valence-corrected chi connectivity index (χ3v) is 5.59. The van der Waals surface area contributed by atoms with Crippen molar-refractivity contribution in [2.45, 2.75) is 44.4 Å². The first-order valence-corrected chi connectivity index (χ1v) is 8.32. The Labute approximate surface area is 132 Å². The van der Waals surface area contributed by atoms with Gasteiger partial charge in [-0.15, -0.1) is 0 Å². The van der Waals surface area contributed by atoms with Gasteiger partial charge in [-0.25, -0.2) is 0 Å². The maximum Gasteiger partial charge on any atom is 0.210 e. The summed E-state index contributed by atoms with van der Waals surface area (Å²) in [6, 6.07) is 10.1. The molecule has 0 saturated carbocycles. The largest absolute Gasteiger partial charge is 0.363 e. The van der Waals surface area contributed by atoms with Gasteiger partial charge in [0, 0.05) is 4.43 Å². The van der Waals surface area contributed by atoms with Crippen LogP contribution in [-0.2, 0) is 20.9 Å². The van der Waals surface area contributed by atoms with Crippen molar-refractivity contribution in [3.8, 4) is 0 Å². The summed E-state index contributed by atoms with van der Waals surface area (Å²) in [6.45, 7) is 3.53. The Morgan fingerprint density at radius 3 is 2.60 bits per heavy atom. The second kappa shape index (κ2) is 4.91. The first-order chi connectivity index (χ1) is 9.42. The third kappa shape index (κ3) is 2.02. The number of alkyl halides is 1. The van der Waals surface area contributed by atoms with E-state index in [9.17, 15) is 5.11 Å². The number of rotatable bonds is 3. The molecule has 0 unspecified atom stereocenters.